The standard InChI is InChI=1S/C14H27NO/c1-4-5-14(6-7-14)10-15-13-8-11(2)16-12(3)9-13/h11-13,15H,4-10H2,1-3H3. The van der Waals surface area contributed by atoms with E-state index in [0.29, 0.717) is 23.7 Å². The maximum Gasteiger partial charge on any atom is 0.0565 e. The summed E-state index contributed by atoms with van der Waals surface area (Å²) in [5.74, 6) is 0. The van der Waals surface area contributed by atoms with Crippen LogP contribution in [0, 0.1) is 5.41 Å². The molecule has 0 aromatic carbocycles. The molecule has 0 aromatic rings. The lowest BCUT2D eigenvalue weighted by molar-refractivity contribution is -0.0426. The fourth-order valence-electron chi connectivity index (χ4n) is 3.16. The van der Waals surface area contributed by atoms with E-state index < -0.39 is 0 Å². The Kier molecular flexibility index (Phi) is 3.91. The van der Waals surface area contributed by atoms with E-state index >= 15 is 0 Å². The van der Waals surface area contributed by atoms with Crippen molar-refractivity contribution in [3.63, 3.8) is 0 Å². The van der Waals surface area contributed by atoms with Crippen LogP contribution in [-0.4, -0.2) is 24.8 Å². The molecular weight excluding hydrogens is 198 g/mol. The minimum absolute atomic E-state index is 0.433. The molecule has 0 bridgehead atoms. The summed E-state index contributed by atoms with van der Waals surface area (Å²) in [4.78, 5) is 0. The van der Waals surface area contributed by atoms with Crippen LogP contribution < -0.4 is 5.32 Å². The van der Waals surface area contributed by atoms with Crippen LogP contribution in [0.15, 0.2) is 0 Å². The first-order chi connectivity index (χ1) is 7.63. The molecule has 2 rings (SSSR count). The summed E-state index contributed by atoms with van der Waals surface area (Å²) in [5.41, 5.74) is 0.680. The van der Waals surface area contributed by atoms with Crippen molar-refractivity contribution in [3.05, 3.63) is 0 Å². The van der Waals surface area contributed by atoms with Gasteiger partial charge in [-0.3, -0.25) is 0 Å². The summed E-state index contributed by atoms with van der Waals surface area (Å²) in [6, 6.07) is 0.688. The minimum atomic E-state index is 0.433. The van der Waals surface area contributed by atoms with Crippen molar-refractivity contribution in [1.82, 2.24) is 5.32 Å². The van der Waals surface area contributed by atoms with E-state index in [4.69, 9.17) is 4.74 Å². The van der Waals surface area contributed by atoms with E-state index in [2.05, 4.69) is 26.1 Å². The van der Waals surface area contributed by atoms with Gasteiger partial charge in [0.1, 0.15) is 0 Å². The van der Waals surface area contributed by atoms with Crippen LogP contribution in [0.5, 0.6) is 0 Å². The molecule has 0 spiro atoms. The zero-order chi connectivity index (χ0) is 11.6. The lowest BCUT2D eigenvalue weighted by Gasteiger charge is -2.33. The normalized spacial score (nSPS) is 37.3. The molecule has 1 N–H and O–H groups in total. The Labute approximate surface area is 100 Å². The molecule has 2 nitrogen and oxygen atoms in total. The van der Waals surface area contributed by atoms with Crippen molar-refractivity contribution < 1.29 is 4.74 Å². The highest BCUT2D eigenvalue weighted by molar-refractivity contribution is 4.95. The number of ether oxygens (including phenoxy) is 1. The monoisotopic (exact) mass is 225 g/mol. The van der Waals surface area contributed by atoms with Crippen molar-refractivity contribution in [2.75, 3.05) is 6.54 Å². The molecular formula is C14H27NO. The second-order valence-corrected chi connectivity index (χ2v) is 6.06. The largest absolute Gasteiger partial charge is 0.375 e. The van der Waals surface area contributed by atoms with Crippen LogP contribution in [0.3, 0.4) is 0 Å². The van der Waals surface area contributed by atoms with Crippen LogP contribution in [0.4, 0.5) is 0 Å². The Morgan fingerprint density at radius 3 is 2.31 bits per heavy atom. The molecule has 1 aliphatic carbocycles. The van der Waals surface area contributed by atoms with E-state index in [-0.39, 0.29) is 0 Å². The highest BCUT2D eigenvalue weighted by Crippen LogP contribution is 2.49. The van der Waals surface area contributed by atoms with Crippen molar-refractivity contribution in [2.24, 2.45) is 5.41 Å². The van der Waals surface area contributed by atoms with Crippen molar-refractivity contribution >= 4 is 0 Å². The molecule has 0 radical (unpaired) electrons. The number of hydrogen-bond acceptors (Lipinski definition) is 2. The maximum absolute atomic E-state index is 5.77. The highest BCUT2D eigenvalue weighted by Gasteiger charge is 2.41. The quantitative estimate of drug-likeness (QED) is 0.776. The predicted octanol–water partition coefficient (Wildman–Crippen LogP) is 3.11. The van der Waals surface area contributed by atoms with Crippen LogP contribution in [0.25, 0.3) is 0 Å². The third kappa shape index (κ3) is 3.21. The van der Waals surface area contributed by atoms with Gasteiger partial charge in [0.2, 0.25) is 0 Å². The number of rotatable bonds is 5. The van der Waals surface area contributed by atoms with Crippen LogP contribution in [-0.2, 0) is 4.74 Å². The lowest BCUT2D eigenvalue weighted by Crippen LogP contribution is -2.43. The van der Waals surface area contributed by atoms with Gasteiger partial charge < -0.3 is 10.1 Å². The fourth-order valence-corrected chi connectivity index (χ4v) is 3.16. The molecule has 0 amide bonds. The smallest absolute Gasteiger partial charge is 0.0565 e. The average Bonchev–Trinajstić information content (AvgIpc) is 2.95. The van der Waals surface area contributed by atoms with Gasteiger partial charge in [0.25, 0.3) is 0 Å². The fraction of sp³-hybridized carbons (Fsp3) is 1.00. The third-order valence-electron chi connectivity index (χ3n) is 4.20. The average molecular weight is 225 g/mol. The Morgan fingerprint density at radius 2 is 1.81 bits per heavy atom. The molecule has 2 aliphatic rings. The lowest BCUT2D eigenvalue weighted by atomic mass is 9.96. The maximum atomic E-state index is 5.77. The minimum Gasteiger partial charge on any atom is -0.375 e. The summed E-state index contributed by atoms with van der Waals surface area (Å²) in [6.07, 6.45) is 8.88. The molecule has 1 aliphatic heterocycles. The van der Waals surface area contributed by atoms with Gasteiger partial charge in [-0.05, 0) is 51.4 Å². The highest BCUT2D eigenvalue weighted by atomic mass is 16.5. The Balaban J connectivity index is 1.73. The Morgan fingerprint density at radius 1 is 1.19 bits per heavy atom. The van der Waals surface area contributed by atoms with Crippen LogP contribution in [0.1, 0.15) is 59.3 Å². The molecule has 0 aromatic heterocycles. The third-order valence-corrected chi connectivity index (χ3v) is 4.20. The molecule has 1 saturated carbocycles. The van der Waals surface area contributed by atoms with Gasteiger partial charge in [-0.25, -0.2) is 0 Å². The van der Waals surface area contributed by atoms with Gasteiger partial charge in [-0.1, -0.05) is 13.3 Å². The summed E-state index contributed by atoms with van der Waals surface area (Å²) >= 11 is 0. The van der Waals surface area contributed by atoms with Gasteiger partial charge in [0.15, 0.2) is 0 Å². The first-order valence-electron chi connectivity index (χ1n) is 7.02. The zero-order valence-electron chi connectivity index (χ0n) is 11.1. The Bertz CT molecular complexity index is 215. The summed E-state index contributed by atoms with van der Waals surface area (Å²) in [7, 11) is 0. The molecule has 1 saturated heterocycles. The molecule has 2 atom stereocenters. The zero-order valence-corrected chi connectivity index (χ0v) is 11.1. The van der Waals surface area contributed by atoms with E-state index in [1.54, 1.807) is 0 Å². The Hall–Kier alpha value is -0.0800. The van der Waals surface area contributed by atoms with E-state index in [1.807, 2.05) is 0 Å². The molecule has 94 valence electrons. The second-order valence-electron chi connectivity index (χ2n) is 6.06. The van der Waals surface area contributed by atoms with Crippen LogP contribution in [0.2, 0.25) is 0 Å². The SMILES string of the molecule is CCCC1(CNC2CC(C)OC(C)C2)CC1. The number of nitrogens with one attached hydrogen (secondary N) is 1. The van der Waals surface area contributed by atoms with Gasteiger partial charge in [0.05, 0.1) is 12.2 Å². The molecule has 2 heteroatoms. The molecule has 16 heavy (non-hydrogen) atoms. The van der Waals surface area contributed by atoms with Gasteiger partial charge in [-0.2, -0.15) is 0 Å². The molecule has 1 heterocycles. The molecule has 2 fully saturated rings. The summed E-state index contributed by atoms with van der Waals surface area (Å²) in [5, 5.41) is 3.79. The first kappa shape index (κ1) is 12.4. The van der Waals surface area contributed by atoms with Gasteiger partial charge in [0, 0.05) is 12.6 Å². The first-order valence-corrected chi connectivity index (χ1v) is 7.02. The van der Waals surface area contributed by atoms with Crippen molar-refractivity contribution in [3.8, 4) is 0 Å². The van der Waals surface area contributed by atoms with E-state index in [1.165, 1.54) is 45.1 Å². The number of hydrogen-bond donors (Lipinski definition) is 1. The summed E-state index contributed by atoms with van der Waals surface area (Å²) < 4.78 is 5.77. The predicted molar refractivity (Wildman–Crippen MR) is 67.6 cm³/mol. The van der Waals surface area contributed by atoms with E-state index in [9.17, 15) is 0 Å². The second kappa shape index (κ2) is 5.05. The van der Waals surface area contributed by atoms with Crippen molar-refractivity contribution in [2.45, 2.75) is 77.5 Å². The van der Waals surface area contributed by atoms with E-state index in [0.717, 1.165) is 0 Å². The van der Waals surface area contributed by atoms with Crippen LogP contribution >= 0.6 is 0 Å². The summed E-state index contributed by atoms with van der Waals surface area (Å²) in [6.45, 7) is 7.94. The van der Waals surface area contributed by atoms with Gasteiger partial charge in [-0.15, -0.1) is 0 Å². The van der Waals surface area contributed by atoms with Crippen molar-refractivity contribution in [1.29, 1.82) is 0 Å². The molecule has 2 unspecified atom stereocenters. The van der Waals surface area contributed by atoms with Gasteiger partial charge >= 0.3 is 0 Å². The topological polar surface area (TPSA) is 21.3 Å².